The van der Waals surface area contributed by atoms with Gasteiger partial charge in [-0.25, -0.2) is 0 Å². The van der Waals surface area contributed by atoms with Crippen molar-refractivity contribution >= 4 is 0 Å². The normalized spacial score (nSPS) is 11.1. The monoisotopic (exact) mass is 314 g/mol. The van der Waals surface area contributed by atoms with E-state index in [1.807, 2.05) is 0 Å². The van der Waals surface area contributed by atoms with Crippen molar-refractivity contribution in [1.29, 1.82) is 0 Å². The summed E-state index contributed by atoms with van der Waals surface area (Å²) in [5, 5.41) is 0. The molecule has 3 aromatic rings. The minimum absolute atomic E-state index is 0.524. The summed E-state index contributed by atoms with van der Waals surface area (Å²) in [6.07, 6.45) is 0. The zero-order valence-electron chi connectivity index (χ0n) is 15.4. The van der Waals surface area contributed by atoms with Crippen LogP contribution in [0.2, 0.25) is 0 Å². The Morgan fingerprint density at radius 1 is 0.625 bits per heavy atom. The molecule has 3 rings (SSSR count). The van der Waals surface area contributed by atoms with Gasteiger partial charge in [0.2, 0.25) is 0 Å². The molecule has 3 aromatic carbocycles. The van der Waals surface area contributed by atoms with Crippen molar-refractivity contribution in [2.75, 3.05) is 0 Å². The fourth-order valence-electron chi connectivity index (χ4n) is 3.38. The topological polar surface area (TPSA) is 0 Å². The maximum Gasteiger partial charge on any atom is -0.0144 e. The molecule has 0 radical (unpaired) electrons. The first kappa shape index (κ1) is 16.5. The lowest BCUT2D eigenvalue weighted by atomic mass is 9.88. The third-order valence-electron chi connectivity index (χ3n) is 4.70. The van der Waals surface area contributed by atoms with E-state index in [0.717, 1.165) is 0 Å². The molecule has 0 saturated carbocycles. The molecule has 0 fully saturated rings. The average molecular weight is 314 g/mol. The summed E-state index contributed by atoms with van der Waals surface area (Å²) in [6, 6.07) is 22.4. The first-order valence-corrected chi connectivity index (χ1v) is 8.74. The molecule has 0 spiro atoms. The SMILES string of the molecule is Cc1cccc(-c2ccc(-c3cc(C)ccc3C(C)C)c(C)c2)c1. The molecule has 0 unspecified atom stereocenters. The van der Waals surface area contributed by atoms with E-state index in [0.29, 0.717) is 5.92 Å². The predicted octanol–water partition coefficient (Wildman–Crippen LogP) is 7.07. The Morgan fingerprint density at radius 3 is 2.00 bits per heavy atom. The first-order valence-electron chi connectivity index (χ1n) is 8.74. The van der Waals surface area contributed by atoms with Crippen LogP contribution in [-0.2, 0) is 0 Å². The van der Waals surface area contributed by atoms with Gasteiger partial charge in [0, 0.05) is 0 Å². The van der Waals surface area contributed by atoms with Crippen molar-refractivity contribution in [2.45, 2.75) is 40.5 Å². The number of rotatable bonds is 3. The van der Waals surface area contributed by atoms with Crippen LogP contribution in [0.3, 0.4) is 0 Å². The highest BCUT2D eigenvalue weighted by atomic mass is 14.2. The van der Waals surface area contributed by atoms with Crippen LogP contribution in [0.25, 0.3) is 22.3 Å². The van der Waals surface area contributed by atoms with Crippen molar-refractivity contribution in [3.8, 4) is 22.3 Å². The second-order valence-electron chi connectivity index (χ2n) is 7.14. The fraction of sp³-hybridized carbons (Fsp3) is 0.250. The van der Waals surface area contributed by atoms with E-state index in [1.165, 1.54) is 44.5 Å². The molecular formula is C24H26. The third-order valence-corrected chi connectivity index (χ3v) is 4.70. The fourth-order valence-corrected chi connectivity index (χ4v) is 3.38. The summed E-state index contributed by atoms with van der Waals surface area (Å²) in [4.78, 5) is 0. The minimum atomic E-state index is 0.524. The largest absolute Gasteiger partial charge is 0.0614 e. The van der Waals surface area contributed by atoms with Crippen LogP contribution in [-0.4, -0.2) is 0 Å². The summed E-state index contributed by atoms with van der Waals surface area (Å²) in [6.45, 7) is 11.1. The van der Waals surface area contributed by atoms with Gasteiger partial charge < -0.3 is 0 Å². The molecule has 0 aliphatic rings. The van der Waals surface area contributed by atoms with Gasteiger partial charge in [0.1, 0.15) is 0 Å². The van der Waals surface area contributed by atoms with Gasteiger partial charge >= 0.3 is 0 Å². The van der Waals surface area contributed by atoms with E-state index in [-0.39, 0.29) is 0 Å². The molecule has 0 aromatic heterocycles. The van der Waals surface area contributed by atoms with Gasteiger partial charge in [-0.05, 0) is 60.1 Å². The van der Waals surface area contributed by atoms with Crippen LogP contribution < -0.4 is 0 Å². The Kier molecular flexibility index (Phi) is 4.57. The Hall–Kier alpha value is -2.34. The van der Waals surface area contributed by atoms with E-state index in [9.17, 15) is 0 Å². The van der Waals surface area contributed by atoms with E-state index in [2.05, 4.69) is 95.3 Å². The Labute approximate surface area is 146 Å². The van der Waals surface area contributed by atoms with E-state index >= 15 is 0 Å². The van der Waals surface area contributed by atoms with Crippen molar-refractivity contribution in [2.24, 2.45) is 0 Å². The lowest BCUT2D eigenvalue weighted by Crippen LogP contribution is -1.95. The lowest BCUT2D eigenvalue weighted by Gasteiger charge is -2.17. The number of hydrogen-bond donors (Lipinski definition) is 0. The molecule has 0 bridgehead atoms. The van der Waals surface area contributed by atoms with Crippen molar-refractivity contribution in [3.63, 3.8) is 0 Å². The van der Waals surface area contributed by atoms with Gasteiger partial charge in [-0.3, -0.25) is 0 Å². The Balaban J connectivity index is 2.10. The molecule has 0 saturated heterocycles. The molecule has 0 heteroatoms. The summed E-state index contributed by atoms with van der Waals surface area (Å²) in [7, 11) is 0. The van der Waals surface area contributed by atoms with Crippen molar-refractivity contribution < 1.29 is 0 Å². The molecule has 0 aliphatic heterocycles. The second-order valence-corrected chi connectivity index (χ2v) is 7.14. The third kappa shape index (κ3) is 3.28. The number of aryl methyl sites for hydroxylation is 3. The maximum atomic E-state index is 2.32. The molecule has 0 atom stereocenters. The standard InChI is InChI=1S/C24H26/c1-16(2)22-11-9-18(4)14-24(22)23-12-10-21(15-19(23)5)20-8-6-7-17(3)13-20/h6-16H,1-5H3. The summed E-state index contributed by atoms with van der Waals surface area (Å²) in [5.74, 6) is 0.524. The van der Waals surface area contributed by atoms with E-state index in [1.54, 1.807) is 0 Å². The van der Waals surface area contributed by atoms with Gasteiger partial charge in [0.25, 0.3) is 0 Å². The Morgan fingerprint density at radius 2 is 1.33 bits per heavy atom. The second kappa shape index (κ2) is 6.65. The zero-order chi connectivity index (χ0) is 17.3. The molecule has 0 aliphatic carbocycles. The van der Waals surface area contributed by atoms with Crippen molar-refractivity contribution in [3.05, 3.63) is 82.9 Å². The van der Waals surface area contributed by atoms with Gasteiger partial charge in [0.15, 0.2) is 0 Å². The predicted molar refractivity (Wildman–Crippen MR) is 106 cm³/mol. The quantitative estimate of drug-likeness (QED) is 0.485. The molecule has 0 nitrogen and oxygen atoms in total. The number of benzene rings is 3. The lowest BCUT2D eigenvalue weighted by molar-refractivity contribution is 0.868. The molecule has 0 amide bonds. The van der Waals surface area contributed by atoms with Crippen molar-refractivity contribution in [1.82, 2.24) is 0 Å². The van der Waals surface area contributed by atoms with Crippen LogP contribution in [0.15, 0.2) is 60.7 Å². The molecule has 122 valence electrons. The summed E-state index contributed by atoms with van der Waals surface area (Å²) >= 11 is 0. The minimum Gasteiger partial charge on any atom is -0.0614 e. The summed E-state index contributed by atoms with van der Waals surface area (Å²) < 4.78 is 0. The molecule has 0 N–H and O–H groups in total. The van der Waals surface area contributed by atoms with E-state index in [4.69, 9.17) is 0 Å². The molecule has 0 heterocycles. The van der Waals surface area contributed by atoms with Crippen LogP contribution >= 0.6 is 0 Å². The van der Waals surface area contributed by atoms with Gasteiger partial charge in [-0.15, -0.1) is 0 Å². The highest BCUT2D eigenvalue weighted by molar-refractivity contribution is 5.76. The van der Waals surface area contributed by atoms with Gasteiger partial charge in [0.05, 0.1) is 0 Å². The summed E-state index contributed by atoms with van der Waals surface area (Å²) in [5.41, 5.74) is 10.7. The van der Waals surface area contributed by atoms with Crippen LogP contribution in [0.4, 0.5) is 0 Å². The Bertz CT molecular complexity index is 869. The van der Waals surface area contributed by atoms with Gasteiger partial charge in [-0.1, -0.05) is 85.6 Å². The van der Waals surface area contributed by atoms with Crippen LogP contribution in [0.1, 0.15) is 42.0 Å². The average Bonchev–Trinajstić information content (AvgIpc) is 2.54. The smallest absolute Gasteiger partial charge is 0.0144 e. The van der Waals surface area contributed by atoms with Crippen LogP contribution in [0.5, 0.6) is 0 Å². The highest BCUT2D eigenvalue weighted by Gasteiger charge is 2.11. The number of hydrogen-bond acceptors (Lipinski definition) is 0. The maximum absolute atomic E-state index is 2.32. The molecule has 24 heavy (non-hydrogen) atoms. The van der Waals surface area contributed by atoms with Crippen LogP contribution in [0, 0.1) is 20.8 Å². The van der Waals surface area contributed by atoms with E-state index < -0.39 is 0 Å². The zero-order valence-corrected chi connectivity index (χ0v) is 15.4. The highest BCUT2D eigenvalue weighted by Crippen LogP contribution is 2.34. The van der Waals surface area contributed by atoms with Gasteiger partial charge in [-0.2, -0.15) is 0 Å². The molecular weight excluding hydrogens is 288 g/mol. The first-order chi connectivity index (χ1) is 11.5.